The van der Waals surface area contributed by atoms with Crippen molar-refractivity contribution in [2.45, 2.75) is 6.61 Å². The van der Waals surface area contributed by atoms with Crippen LogP contribution < -0.4 is 24.4 Å². The number of hydrogen-bond acceptors (Lipinski definition) is 7. The second-order valence-electron chi connectivity index (χ2n) is 9.16. The van der Waals surface area contributed by atoms with Crippen molar-refractivity contribution in [1.29, 1.82) is 0 Å². The number of carbonyl (C=O) groups excluding carboxylic acids is 2. The molecule has 210 valence electrons. The second kappa shape index (κ2) is 13.1. The quantitative estimate of drug-likeness (QED) is 0.0917. The van der Waals surface area contributed by atoms with Crippen molar-refractivity contribution < 1.29 is 28.5 Å². The SMILES string of the molecule is COc1ccc(C(=O)Oc2ccc3ccccc3c2C=NNC(=O)c2ccc(OCc3ccccc3)cc2)cc1OC. The summed E-state index contributed by atoms with van der Waals surface area (Å²) in [6.07, 6.45) is 1.47. The summed E-state index contributed by atoms with van der Waals surface area (Å²) in [5.41, 5.74) is 4.83. The molecule has 1 N–H and O–H groups in total. The molecule has 0 aliphatic heterocycles. The highest BCUT2D eigenvalue weighted by Gasteiger charge is 2.16. The predicted octanol–water partition coefficient (Wildman–Crippen LogP) is 6.42. The molecular weight excluding hydrogens is 532 g/mol. The molecule has 8 heteroatoms. The molecule has 8 nitrogen and oxygen atoms in total. The molecule has 0 saturated heterocycles. The first kappa shape index (κ1) is 27.9. The maximum atomic E-state index is 13.0. The van der Waals surface area contributed by atoms with Crippen LogP contribution in [0.15, 0.2) is 114 Å². The number of amides is 1. The van der Waals surface area contributed by atoms with Gasteiger partial charge in [-0.2, -0.15) is 5.10 Å². The summed E-state index contributed by atoms with van der Waals surface area (Å²) in [5.74, 6) is 0.856. The maximum Gasteiger partial charge on any atom is 0.343 e. The Morgan fingerprint density at radius 3 is 2.19 bits per heavy atom. The van der Waals surface area contributed by atoms with Gasteiger partial charge in [0.25, 0.3) is 5.91 Å². The van der Waals surface area contributed by atoms with Crippen LogP contribution in [0.5, 0.6) is 23.0 Å². The Bertz CT molecular complexity index is 1730. The number of hydrogen-bond donors (Lipinski definition) is 1. The number of rotatable bonds is 10. The van der Waals surface area contributed by atoms with Crippen molar-refractivity contribution in [3.05, 3.63) is 131 Å². The number of fused-ring (bicyclic) bond motifs is 1. The van der Waals surface area contributed by atoms with Crippen molar-refractivity contribution in [3.8, 4) is 23.0 Å². The Morgan fingerprint density at radius 2 is 1.43 bits per heavy atom. The smallest absolute Gasteiger partial charge is 0.343 e. The van der Waals surface area contributed by atoms with E-state index in [1.165, 1.54) is 20.4 Å². The van der Waals surface area contributed by atoms with E-state index in [2.05, 4.69) is 10.5 Å². The minimum Gasteiger partial charge on any atom is -0.493 e. The van der Waals surface area contributed by atoms with Crippen molar-refractivity contribution in [2.75, 3.05) is 14.2 Å². The first-order valence-corrected chi connectivity index (χ1v) is 13.1. The Hall–Kier alpha value is -5.63. The lowest BCUT2D eigenvalue weighted by Crippen LogP contribution is -2.17. The molecule has 0 bridgehead atoms. The molecular formula is C34H28N2O6. The molecule has 5 aromatic carbocycles. The summed E-state index contributed by atoms with van der Waals surface area (Å²) in [7, 11) is 3.01. The highest BCUT2D eigenvalue weighted by Crippen LogP contribution is 2.30. The van der Waals surface area contributed by atoms with Crippen LogP contribution in [0, 0.1) is 0 Å². The molecule has 0 aliphatic rings. The number of methoxy groups -OCH3 is 2. The van der Waals surface area contributed by atoms with E-state index in [-0.39, 0.29) is 11.3 Å². The van der Waals surface area contributed by atoms with Crippen molar-refractivity contribution in [2.24, 2.45) is 5.10 Å². The van der Waals surface area contributed by atoms with E-state index in [0.717, 1.165) is 16.3 Å². The van der Waals surface area contributed by atoms with Crippen LogP contribution in [-0.4, -0.2) is 32.3 Å². The maximum absolute atomic E-state index is 13.0. The van der Waals surface area contributed by atoms with Gasteiger partial charge in [-0.3, -0.25) is 4.79 Å². The Morgan fingerprint density at radius 1 is 0.738 bits per heavy atom. The third-order valence-corrected chi connectivity index (χ3v) is 6.48. The highest BCUT2D eigenvalue weighted by atomic mass is 16.5. The molecule has 42 heavy (non-hydrogen) atoms. The molecule has 1 amide bonds. The molecule has 0 saturated carbocycles. The van der Waals surface area contributed by atoms with Gasteiger partial charge >= 0.3 is 5.97 Å². The standard InChI is InChI=1S/C34H28N2O6/c1-39-31-19-15-26(20-32(31)40-2)34(38)42-30-18-14-24-10-6-7-11-28(24)29(30)21-35-36-33(37)25-12-16-27(17-13-25)41-22-23-8-4-3-5-9-23/h3-21H,22H2,1-2H3,(H,36,37). The molecule has 0 spiro atoms. The van der Waals surface area contributed by atoms with E-state index >= 15 is 0 Å². The average Bonchev–Trinajstić information content (AvgIpc) is 3.04. The monoisotopic (exact) mass is 560 g/mol. The normalized spacial score (nSPS) is 10.8. The number of hydrazone groups is 1. The third-order valence-electron chi connectivity index (χ3n) is 6.48. The zero-order chi connectivity index (χ0) is 29.3. The molecule has 0 aromatic heterocycles. The van der Waals surface area contributed by atoms with Gasteiger partial charge in [-0.15, -0.1) is 0 Å². The molecule has 0 atom stereocenters. The fourth-order valence-corrected chi connectivity index (χ4v) is 4.28. The van der Waals surface area contributed by atoms with Crippen molar-refractivity contribution in [1.82, 2.24) is 5.43 Å². The Balaban J connectivity index is 1.30. The Labute approximate surface area is 243 Å². The molecule has 0 heterocycles. The minimum absolute atomic E-state index is 0.284. The van der Waals surface area contributed by atoms with Gasteiger partial charge in [0.05, 0.1) is 26.0 Å². The first-order chi connectivity index (χ1) is 20.6. The van der Waals surface area contributed by atoms with Gasteiger partial charge in [0.1, 0.15) is 18.1 Å². The van der Waals surface area contributed by atoms with E-state index < -0.39 is 11.9 Å². The van der Waals surface area contributed by atoms with Crippen LogP contribution >= 0.6 is 0 Å². The molecule has 0 radical (unpaired) electrons. The molecule has 0 fully saturated rings. The lowest BCUT2D eigenvalue weighted by atomic mass is 10.0. The van der Waals surface area contributed by atoms with Gasteiger partial charge in [-0.1, -0.05) is 60.7 Å². The number of nitrogens with one attached hydrogen (secondary N) is 1. The van der Waals surface area contributed by atoms with Crippen LogP contribution in [0.4, 0.5) is 0 Å². The van der Waals surface area contributed by atoms with E-state index in [4.69, 9.17) is 18.9 Å². The van der Waals surface area contributed by atoms with Gasteiger partial charge in [-0.25, -0.2) is 10.2 Å². The topological polar surface area (TPSA) is 95.5 Å². The van der Waals surface area contributed by atoms with E-state index in [1.807, 2.05) is 60.7 Å². The Kier molecular flexibility index (Phi) is 8.74. The number of carbonyl (C=O) groups is 2. The highest BCUT2D eigenvalue weighted by molar-refractivity contribution is 6.04. The summed E-state index contributed by atoms with van der Waals surface area (Å²) in [5, 5.41) is 5.89. The van der Waals surface area contributed by atoms with Crippen LogP contribution in [-0.2, 0) is 6.61 Å². The number of esters is 1. The number of benzene rings is 5. The van der Waals surface area contributed by atoms with Crippen LogP contribution in [0.2, 0.25) is 0 Å². The van der Waals surface area contributed by atoms with Gasteiger partial charge in [0, 0.05) is 11.1 Å². The lowest BCUT2D eigenvalue weighted by Gasteiger charge is -2.12. The van der Waals surface area contributed by atoms with Gasteiger partial charge < -0.3 is 18.9 Å². The predicted molar refractivity (Wildman–Crippen MR) is 161 cm³/mol. The van der Waals surface area contributed by atoms with Gasteiger partial charge in [0.2, 0.25) is 0 Å². The van der Waals surface area contributed by atoms with Crippen LogP contribution in [0.3, 0.4) is 0 Å². The lowest BCUT2D eigenvalue weighted by molar-refractivity contribution is 0.0734. The van der Waals surface area contributed by atoms with E-state index in [1.54, 1.807) is 48.5 Å². The third kappa shape index (κ3) is 6.56. The summed E-state index contributed by atoms with van der Waals surface area (Å²) in [4.78, 5) is 25.8. The first-order valence-electron chi connectivity index (χ1n) is 13.1. The second-order valence-corrected chi connectivity index (χ2v) is 9.16. The average molecular weight is 561 g/mol. The van der Waals surface area contributed by atoms with E-state index in [0.29, 0.717) is 35.0 Å². The summed E-state index contributed by atoms with van der Waals surface area (Å²) in [6.45, 7) is 0.431. The van der Waals surface area contributed by atoms with Crippen molar-refractivity contribution >= 4 is 28.9 Å². The molecule has 5 aromatic rings. The zero-order valence-corrected chi connectivity index (χ0v) is 23.1. The molecule has 5 rings (SSSR count). The number of nitrogens with zero attached hydrogens (tertiary/aromatic N) is 1. The van der Waals surface area contributed by atoms with Crippen LogP contribution in [0.25, 0.3) is 10.8 Å². The minimum atomic E-state index is -0.584. The molecule has 0 aliphatic carbocycles. The fourth-order valence-electron chi connectivity index (χ4n) is 4.28. The van der Waals surface area contributed by atoms with Crippen molar-refractivity contribution in [3.63, 3.8) is 0 Å². The molecule has 0 unspecified atom stereocenters. The van der Waals surface area contributed by atoms with Gasteiger partial charge in [-0.05, 0) is 64.9 Å². The number of ether oxygens (including phenoxy) is 4. The van der Waals surface area contributed by atoms with Crippen LogP contribution in [0.1, 0.15) is 31.8 Å². The summed E-state index contributed by atoms with van der Waals surface area (Å²) >= 11 is 0. The largest absolute Gasteiger partial charge is 0.493 e. The summed E-state index contributed by atoms with van der Waals surface area (Å²) in [6, 6.07) is 32.6. The summed E-state index contributed by atoms with van der Waals surface area (Å²) < 4.78 is 22.1. The zero-order valence-electron chi connectivity index (χ0n) is 23.1. The van der Waals surface area contributed by atoms with E-state index in [9.17, 15) is 9.59 Å². The van der Waals surface area contributed by atoms with Gasteiger partial charge in [0.15, 0.2) is 11.5 Å². The fraction of sp³-hybridized carbons (Fsp3) is 0.0882.